The minimum atomic E-state index is 0.686. The summed E-state index contributed by atoms with van der Waals surface area (Å²) in [6.07, 6.45) is 3.38. The molecule has 0 spiro atoms. The van der Waals surface area contributed by atoms with Gasteiger partial charge in [0.05, 0.1) is 24.4 Å². The molecule has 0 aliphatic rings. The van der Waals surface area contributed by atoms with Crippen LogP contribution in [0.1, 0.15) is 5.56 Å². The molecule has 0 unspecified atom stereocenters. The lowest BCUT2D eigenvalue weighted by Gasteiger charge is -2.09. The Balaban J connectivity index is 1.66. The smallest absolute Gasteiger partial charge is 0.167 e. The summed E-state index contributed by atoms with van der Waals surface area (Å²) in [6, 6.07) is 15.5. The Bertz CT molecular complexity index is 1050. The van der Waals surface area contributed by atoms with Crippen LogP contribution in [-0.4, -0.2) is 26.9 Å². The molecule has 0 saturated carbocycles. The van der Waals surface area contributed by atoms with Gasteiger partial charge in [-0.15, -0.1) is 11.8 Å². The standard InChI is InChI=1S/C19H15ClN4OS/c1-25-17-8-7-14(20)9-13(17)11-26-19-16-10-23-24(18(16)21-12-22-19)15-5-3-2-4-6-15/h2-10,12H,11H2,1H3. The average molecular weight is 383 g/mol. The van der Waals surface area contributed by atoms with Gasteiger partial charge in [-0.2, -0.15) is 5.10 Å². The number of hydrogen-bond acceptors (Lipinski definition) is 5. The van der Waals surface area contributed by atoms with Gasteiger partial charge >= 0.3 is 0 Å². The average Bonchev–Trinajstić information content (AvgIpc) is 3.12. The van der Waals surface area contributed by atoms with Crippen molar-refractivity contribution in [2.75, 3.05) is 7.11 Å². The Morgan fingerprint density at radius 2 is 1.96 bits per heavy atom. The molecule has 0 radical (unpaired) electrons. The molecule has 5 nitrogen and oxygen atoms in total. The molecular formula is C19H15ClN4OS. The van der Waals surface area contributed by atoms with Crippen molar-refractivity contribution in [3.63, 3.8) is 0 Å². The molecule has 0 bridgehead atoms. The van der Waals surface area contributed by atoms with E-state index in [2.05, 4.69) is 15.1 Å². The number of methoxy groups -OCH3 is 1. The van der Waals surface area contributed by atoms with E-state index in [-0.39, 0.29) is 0 Å². The maximum absolute atomic E-state index is 6.12. The lowest BCUT2D eigenvalue weighted by Crippen LogP contribution is -1.97. The predicted octanol–water partition coefficient (Wildman–Crippen LogP) is 4.77. The highest BCUT2D eigenvalue weighted by Crippen LogP contribution is 2.32. The van der Waals surface area contributed by atoms with E-state index in [1.54, 1.807) is 31.4 Å². The quantitative estimate of drug-likeness (QED) is 0.367. The van der Waals surface area contributed by atoms with E-state index in [0.717, 1.165) is 33.1 Å². The normalized spacial score (nSPS) is 11.0. The molecule has 0 fully saturated rings. The summed E-state index contributed by atoms with van der Waals surface area (Å²) in [6.45, 7) is 0. The van der Waals surface area contributed by atoms with Crippen LogP contribution in [0.15, 0.2) is 66.1 Å². The Labute approximate surface area is 160 Å². The number of hydrogen-bond donors (Lipinski definition) is 0. The number of ether oxygens (including phenoxy) is 1. The summed E-state index contributed by atoms with van der Waals surface area (Å²) in [5, 5.41) is 6.96. The lowest BCUT2D eigenvalue weighted by molar-refractivity contribution is 0.411. The molecule has 2 aromatic carbocycles. The van der Waals surface area contributed by atoms with Crippen LogP contribution in [0.25, 0.3) is 16.7 Å². The first-order valence-corrected chi connectivity index (χ1v) is 9.32. The van der Waals surface area contributed by atoms with Crippen molar-refractivity contribution < 1.29 is 4.74 Å². The zero-order valence-electron chi connectivity index (χ0n) is 14.0. The van der Waals surface area contributed by atoms with Gasteiger partial charge in [0.2, 0.25) is 0 Å². The monoisotopic (exact) mass is 382 g/mol. The molecule has 2 heterocycles. The third-order valence-electron chi connectivity index (χ3n) is 3.94. The highest BCUT2D eigenvalue weighted by molar-refractivity contribution is 7.98. The third kappa shape index (κ3) is 3.25. The zero-order valence-corrected chi connectivity index (χ0v) is 15.5. The number of nitrogens with zero attached hydrogens (tertiary/aromatic N) is 4. The minimum Gasteiger partial charge on any atom is -0.496 e. The van der Waals surface area contributed by atoms with Crippen LogP contribution in [0.4, 0.5) is 0 Å². The van der Waals surface area contributed by atoms with Crippen LogP contribution >= 0.6 is 23.4 Å². The summed E-state index contributed by atoms with van der Waals surface area (Å²) in [4.78, 5) is 8.84. The van der Waals surface area contributed by atoms with Crippen molar-refractivity contribution in [2.45, 2.75) is 10.8 Å². The molecule has 26 heavy (non-hydrogen) atoms. The van der Waals surface area contributed by atoms with Gasteiger partial charge in [0.1, 0.15) is 17.1 Å². The van der Waals surface area contributed by atoms with Crippen LogP contribution in [0, 0.1) is 0 Å². The van der Waals surface area contributed by atoms with Gasteiger partial charge in [0.15, 0.2) is 5.65 Å². The van der Waals surface area contributed by atoms with E-state index in [1.807, 2.05) is 53.2 Å². The maximum atomic E-state index is 6.12. The van der Waals surface area contributed by atoms with Crippen molar-refractivity contribution in [1.29, 1.82) is 0 Å². The molecule has 0 saturated heterocycles. The summed E-state index contributed by atoms with van der Waals surface area (Å²) >= 11 is 7.72. The van der Waals surface area contributed by atoms with Gasteiger partial charge in [0.25, 0.3) is 0 Å². The molecule has 4 rings (SSSR count). The lowest BCUT2D eigenvalue weighted by atomic mass is 10.2. The molecule has 0 amide bonds. The molecule has 0 aliphatic carbocycles. The first-order valence-electron chi connectivity index (χ1n) is 7.95. The topological polar surface area (TPSA) is 52.8 Å². The SMILES string of the molecule is COc1ccc(Cl)cc1CSc1ncnc2c1cnn2-c1ccccc1. The van der Waals surface area contributed by atoms with E-state index < -0.39 is 0 Å². The van der Waals surface area contributed by atoms with E-state index in [1.165, 1.54) is 0 Å². The second kappa shape index (κ2) is 7.35. The summed E-state index contributed by atoms with van der Waals surface area (Å²) in [7, 11) is 1.66. The highest BCUT2D eigenvalue weighted by Gasteiger charge is 2.13. The number of halogens is 1. The summed E-state index contributed by atoms with van der Waals surface area (Å²) < 4.78 is 7.24. The van der Waals surface area contributed by atoms with E-state index in [4.69, 9.17) is 16.3 Å². The van der Waals surface area contributed by atoms with Crippen LogP contribution < -0.4 is 4.74 Å². The number of thioether (sulfide) groups is 1. The van der Waals surface area contributed by atoms with E-state index in [0.29, 0.717) is 10.8 Å². The Hall–Kier alpha value is -2.57. The fourth-order valence-electron chi connectivity index (χ4n) is 2.70. The Morgan fingerprint density at radius 1 is 1.12 bits per heavy atom. The molecule has 7 heteroatoms. The van der Waals surface area contributed by atoms with E-state index in [9.17, 15) is 0 Å². The second-order valence-corrected chi connectivity index (χ2v) is 6.95. The molecule has 2 aromatic heterocycles. The molecule has 0 N–H and O–H groups in total. The number of benzene rings is 2. The number of rotatable bonds is 5. The van der Waals surface area contributed by atoms with Gasteiger partial charge in [-0.25, -0.2) is 14.6 Å². The second-order valence-electron chi connectivity index (χ2n) is 5.55. The molecular weight excluding hydrogens is 368 g/mol. The fourth-order valence-corrected chi connectivity index (χ4v) is 3.84. The maximum Gasteiger partial charge on any atom is 0.167 e. The predicted molar refractivity (Wildman–Crippen MR) is 104 cm³/mol. The van der Waals surface area contributed by atoms with Crippen LogP contribution in [0.2, 0.25) is 5.02 Å². The molecule has 0 aliphatic heterocycles. The molecule has 0 atom stereocenters. The van der Waals surface area contributed by atoms with Gasteiger partial charge in [-0.3, -0.25) is 0 Å². The van der Waals surface area contributed by atoms with Gasteiger partial charge in [0, 0.05) is 16.3 Å². The van der Waals surface area contributed by atoms with Crippen molar-refractivity contribution in [2.24, 2.45) is 0 Å². The Morgan fingerprint density at radius 3 is 2.77 bits per heavy atom. The van der Waals surface area contributed by atoms with E-state index >= 15 is 0 Å². The van der Waals surface area contributed by atoms with Crippen LogP contribution in [0.3, 0.4) is 0 Å². The largest absolute Gasteiger partial charge is 0.496 e. The first-order chi connectivity index (χ1) is 12.8. The van der Waals surface area contributed by atoms with Gasteiger partial charge in [-0.05, 0) is 30.3 Å². The number of aromatic nitrogens is 4. The number of fused-ring (bicyclic) bond motifs is 1. The summed E-state index contributed by atoms with van der Waals surface area (Å²) in [5.41, 5.74) is 2.77. The number of para-hydroxylation sites is 1. The van der Waals surface area contributed by atoms with Crippen LogP contribution in [0.5, 0.6) is 5.75 Å². The first kappa shape index (κ1) is 16.9. The van der Waals surface area contributed by atoms with Gasteiger partial charge in [-0.1, -0.05) is 29.8 Å². The highest BCUT2D eigenvalue weighted by atomic mass is 35.5. The molecule has 130 valence electrons. The van der Waals surface area contributed by atoms with Gasteiger partial charge < -0.3 is 4.74 Å². The van der Waals surface area contributed by atoms with Crippen molar-refractivity contribution in [3.05, 3.63) is 71.6 Å². The van der Waals surface area contributed by atoms with Crippen molar-refractivity contribution in [1.82, 2.24) is 19.7 Å². The minimum absolute atomic E-state index is 0.686. The Kier molecular flexibility index (Phi) is 4.77. The summed E-state index contributed by atoms with van der Waals surface area (Å²) in [5.74, 6) is 1.50. The zero-order chi connectivity index (χ0) is 17.9. The van der Waals surface area contributed by atoms with Crippen molar-refractivity contribution in [3.8, 4) is 11.4 Å². The fraction of sp³-hybridized carbons (Fsp3) is 0.105. The third-order valence-corrected chi connectivity index (χ3v) is 5.23. The van der Waals surface area contributed by atoms with Crippen LogP contribution in [-0.2, 0) is 5.75 Å². The van der Waals surface area contributed by atoms with Crippen molar-refractivity contribution >= 4 is 34.4 Å². The molecule has 4 aromatic rings.